The van der Waals surface area contributed by atoms with Crippen molar-refractivity contribution in [2.24, 2.45) is 5.84 Å². The zero-order chi connectivity index (χ0) is 15.2. The van der Waals surface area contributed by atoms with E-state index in [1.807, 2.05) is 0 Å². The number of carbonyl (C=O) groups excluding carboxylic acids is 1. The van der Waals surface area contributed by atoms with Gasteiger partial charge in [0.05, 0.1) is 14.2 Å². The molecule has 2 aromatic carbocycles. The molecule has 21 heavy (non-hydrogen) atoms. The second-order valence-corrected chi connectivity index (χ2v) is 4.25. The van der Waals surface area contributed by atoms with E-state index in [2.05, 4.69) is 10.7 Å². The Morgan fingerprint density at radius 2 is 1.57 bits per heavy atom. The molecule has 1 amide bonds. The van der Waals surface area contributed by atoms with Crippen molar-refractivity contribution in [3.8, 4) is 11.5 Å². The molecule has 0 spiro atoms. The number of benzene rings is 2. The SMILES string of the molecule is COc1ccc(NC(=O)c2ccc(NN)cc2)cc1OC. The van der Waals surface area contributed by atoms with E-state index in [4.69, 9.17) is 15.3 Å². The van der Waals surface area contributed by atoms with Crippen LogP contribution in [0.4, 0.5) is 11.4 Å². The molecule has 6 heteroatoms. The lowest BCUT2D eigenvalue weighted by Crippen LogP contribution is -2.12. The summed E-state index contributed by atoms with van der Waals surface area (Å²) in [7, 11) is 3.10. The fraction of sp³-hybridized carbons (Fsp3) is 0.133. The van der Waals surface area contributed by atoms with Crippen molar-refractivity contribution < 1.29 is 14.3 Å². The van der Waals surface area contributed by atoms with E-state index in [9.17, 15) is 4.79 Å². The molecular weight excluding hydrogens is 270 g/mol. The number of rotatable bonds is 5. The van der Waals surface area contributed by atoms with Gasteiger partial charge in [-0.25, -0.2) is 0 Å². The van der Waals surface area contributed by atoms with Crippen molar-refractivity contribution in [3.05, 3.63) is 48.0 Å². The van der Waals surface area contributed by atoms with Crippen LogP contribution in [0.2, 0.25) is 0 Å². The topological polar surface area (TPSA) is 85.6 Å². The predicted molar refractivity (Wildman–Crippen MR) is 81.8 cm³/mol. The predicted octanol–water partition coefficient (Wildman–Crippen LogP) is 2.24. The first-order valence-corrected chi connectivity index (χ1v) is 6.28. The first-order chi connectivity index (χ1) is 10.2. The molecule has 0 bridgehead atoms. The number of hydrogen-bond donors (Lipinski definition) is 3. The third-order valence-corrected chi connectivity index (χ3v) is 2.96. The van der Waals surface area contributed by atoms with Gasteiger partial charge in [-0.15, -0.1) is 0 Å². The maximum atomic E-state index is 12.1. The molecule has 0 aromatic heterocycles. The lowest BCUT2D eigenvalue weighted by Gasteiger charge is -2.10. The lowest BCUT2D eigenvalue weighted by atomic mass is 10.2. The number of nitrogens with one attached hydrogen (secondary N) is 2. The first kappa shape index (κ1) is 14.7. The van der Waals surface area contributed by atoms with Crippen LogP contribution in [0.5, 0.6) is 11.5 Å². The van der Waals surface area contributed by atoms with Crippen molar-refractivity contribution >= 4 is 17.3 Å². The molecule has 0 aliphatic rings. The van der Waals surface area contributed by atoms with Gasteiger partial charge in [-0.2, -0.15) is 0 Å². The molecule has 110 valence electrons. The molecule has 0 unspecified atom stereocenters. The first-order valence-electron chi connectivity index (χ1n) is 6.28. The molecule has 0 heterocycles. The number of hydrazine groups is 1. The van der Waals surface area contributed by atoms with Gasteiger partial charge in [0.2, 0.25) is 0 Å². The van der Waals surface area contributed by atoms with Crippen LogP contribution in [0.25, 0.3) is 0 Å². The smallest absolute Gasteiger partial charge is 0.255 e. The Bertz CT molecular complexity index is 627. The van der Waals surface area contributed by atoms with Crippen LogP contribution >= 0.6 is 0 Å². The number of methoxy groups -OCH3 is 2. The molecule has 0 atom stereocenters. The van der Waals surface area contributed by atoms with E-state index in [-0.39, 0.29) is 5.91 Å². The number of anilines is 2. The Kier molecular flexibility index (Phi) is 4.63. The number of ether oxygens (including phenoxy) is 2. The molecule has 0 aliphatic heterocycles. The summed E-state index contributed by atoms with van der Waals surface area (Å²) in [4.78, 5) is 12.1. The van der Waals surface area contributed by atoms with E-state index in [0.717, 1.165) is 5.69 Å². The van der Waals surface area contributed by atoms with Crippen molar-refractivity contribution in [1.29, 1.82) is 0 Å². The maximum Gasteiger partial charge on any atom is 0.255 e. The van der Waals surface area contributed by atoms with Crippen LogP contribution in [0.15, 0.2) is 42.5 Å². The van der Waals surface area contributed by atoms with Gasteiger partial charge in [0.25, 0.3) is 5.91 Å². The summed E-state index contributed by atoms with van der Waals surface area (Å²) < 4.78 is 10.3. The van der Waals surface area contributed by atoms with E-state index >= 15 is 0 Å². The van der Waals surface area contributed by atoms with Crippen LogP contribution in [0.3, 0.4) is 0 Å². The minimum absolute atomic E-state index is 0.217. The van der Waals surface area contributed by atoms with Crippen molar-refractivity contribution in [2.45, 2.75) is 0 Å². The molecule has 0 radical (unpaired) electrons. The van der Waals surface area contributed by atoms with Crippen LogP contribution in [-0.4, -0.2) is 20.1 Å². The number of nitrogen functional groups attached to an aromatic ring is 1. The highest BCUT2D eigenvalue weighted by molar-refractivity contribution is 6.04. The average molecular weight is 287 g/mol. The standard InChI is InChI=1S/C15H17N3O3/c1-20-13-8-7-12(9-14(13)21-2)17-15(19)10-3-5-11(18-16)6-4-10/h3-9,18H,16H2,1-2H3,(H,17,19). The highest BCUT2D eigenvalue weighted by Crippen LogP contribution is 2.29. The Balaban J connectivity index is 2.14. The van der Waals surface area contributed by atoms with Gasteiger partial charge >= 0.3 is 0 Å². The Morgan fingerprint density at radius 3 is 2.14 bits per heavy atom. The second-order valence-electron chi connectivity index (χ2n) is 4.25. The summed E-state index contributed by atoms with van der Waals surface area (Å²) in [5.41, 5.74) is 4.40. The van der Waals surface area contributed by atoms with Crippen LogP contribution in [0, 0.1) is 0 Å². The van der Waals surface area contributed by atoms with Gasteiger partial charge in [-0.3, -0.25) is 10.6 Å². The minimum atomic E-state index is -0.217. The van der Waals surface area contributed by atoms with Crippen LogP contribution in [0.1, 0.15) is 10.4 Å². The van der Waals surface area contributed by atoms with E-state index < -0.39 is 0 Å². The Hall–Kier alpha value is -2.73. The van der Waals surface area contributed by atoms with E-state index in [0.29, 0.717) is 22.7 Å². The highest BCUT2D eigenvalue weighted by atomic mass is 16.5. The average Bonchev–Trinajstić information content (AvgIpc) is 2.54. The summed E-state index contributed by atoms with van der Waals surface area (Å²) in [5.74, 6) is 6.22. The van der Waals surface area contributed by atoms with Crippen molar-refractivity contribution in [3.63, 3.8) is 0 Å². The maximum absolute atomic E-state index is 12.1. The quantitative estimate of drug-likeness (QED) is 0.580. The van der Waals surface area contributed by atoms with Crippen LogP contribution in [-0.2, 0) is 0 Å². The highest BCUT2D eigenvalue weighted by Gasteiger charge is 2.09. The Labute approximate surface area is 122 Å². The molecule has 2 aromatic rings. The van der Waals surface area contributed by atoms with Gasteiger partial charge in [0.1, 0.15) is 0 Å². The second kappa shape index (κ2) is 6.62. The molecule has 2 rings (SSSR count). The van der Waals surface area contributed by atoms with Crippen LogP contribution < -0.4 is 26.1 Å². The molecule has 6 nitrogen and oxygen atoms in total. The number of carbonyl (C=O) groups is 1. The fourth-order valence-corrected chi connectivity index (χ4v) is 1.84. The number of nitrogens with two attached hydrogens (primary N) is 1. The number of hydrogen-bond acceptors (Lipinski definition) is 5. The summed E-state index contributed by atoms with van der Waals surface area (Å²) in [6.07, 6.45) is 0. The fourth-order valence-electron chi connectivity index (χ4n) is 1.84. The lowest BCUT2D eigenvalue weighted by molar-refractivity contribution is 0.102. The zero-order valence-corrected chi connectivity index (χ0v) is 11.8. The van der Waals surface area contributed by atoms with Crippen molar-refractivity contribution in [2.75, 3.05) is 25.0 Å². The minimum Gasteiger partial charge on any atom is -0.493 e. The molecule has 0 fully saturated rings. The van der Waals surface area contributed by atoms with Crippen molar-refractivity contribution in [1.82, 2.24) is 0 Å². The van der Waals surface area contributed by atoms with E-state index in [1.165, 1.54) is 0 Å². The van der Waals surface area contributed by atoms with Gasteiger partial charge < -0.3 is 20.2 Å². The molecule has 0 aliphatic carbocycles. The normalized spacial score (nSPS) is 9.86. The third-order valence-electron chi connectivity index (χ3n) is 2.96. The summed E-state index contributed by atoms with van der Waals surface area (Å²) in [6.45, 7) is 0. The van der Waals surface area contributed by atoms with E-state index in [1.54, 1.807) is 56.7 Å². The zero-order valence-electron chi connectivity index (χ0n) is 11.8. The molecule has 4 N–H and O–H groups in total. The number of amides is 1. The summed E-state index contributed by atoms with van der Waals surface area (Å²) in [5, 5.41) is 2.80. The van der Waals surface area contributed by atoms with Gasteiger partial charge in [-0.05, 0) is 36.4 Å². The summed E-state index contributed by atoms with van der Waals surface area (Å²) >= 11 is 0. The molecule has 0 saturated carbocycles. The Morgan fingerprint density at radius 1 is 0.952 bits per heavy atom. The third kappa shape index (κ3) is 3.43. The van der Waals surface area contributed by atoms with Gasteiger partial charge in [0, 0.05) is 23.0 Å². The molecular formula is C15H17N3O3. The monoisotopic (exact) mass is 287 g/mol. The summed E-state index contributed by atoms with van der Waals surface area (Å²) in [6, 6.07) is 12.0. The van der Waals surface area contributed by atoms with Gasteiger partial charge in [0.15, 0.2) is 11.5 Å². The molecule has 0 saturated heterocycles. The van der Waals surface area contributed by atoms with Gasteiger partial charge in [-0.1, -0.05) is 0 Å². The largest absolute Gasteiger partial charge is 0.493 e.